The molecular weight excluding hydrogens is 287 g/mol. The lowest BCUT2D eigenvalue weighted by molar-refractivity contribution is -0.125. The Morgan fingerprint density at radius 3 is 2.74 bits per heavy atom. The molecule has 3 N–H and O–H groups in total. The Hall–Kier alpha value is -0.970. The van der Waals surface area contributed by atoms with Gasteiger partial charge in [0.2, 0.25) is 5.91 Å². The highest BCUT2D eigenvalue weighted by atomic mass is 35.5. The third-order valence-corrected chi connectivity index (χ3v) is 2.90. The summed E-state index contributed by atoms with van der Waals surface area (Å²) in [6, 6.07) is 6.99. The molecule has 0 saturated carbocycles. The molecule has 1 amide bonds. The van der Waals surface area contributed by atoms with E-state index in [-0.39, 0.29) is 30.3 Å². The fourth-order valence-corrected chi connectivity index (χ4v) is 1.48. The predicted molar refractivity (Wildman–Crippen MR) is 80.0 cm³/mol. The van der Waals surface area contributed by atoms with Crippen molar-refractivity contribution in [1.29, 1.82) is 0 Å². The molecule has 0 saturated heterocycles. The Kier molecular flexibility index (Phi) is 8.56. The average Bonchev–Trinajstić information content (AvgIpc) is 2.33. The maximum absolute atomic E-state index is 11.6. The van der Waals surface area contributed by atoms with Crippen LogP contribution < -0.4 is 15.8 Å². The molecule has 2 unspecified atom stereocenters. The van der Waals surface area contributed by atoms with Crippen LogP contribution in [0, 0.1) is 5.92 Å². The first-order chi connectivity index (χ1) is 8.50. The molecular formula is C13H20Cl2N2O2. The zero-order chi connectivity index (χ0) is 13.5. The van der Waals surface area contributed by atoms with Crippen molar-refractivity contribution in [3.63, 3.8) is 0 Å². The van der Waals surface area contributed by atoms with Crippen LogP contribution in [0.5, 0.6) is 5.75 Å². The maximum atomic E-state index is 11.6. The molecule has 0 aliphatic heterocycles. The summed E-state index contributed by atoms with van der Waals surface area (Å²) >= 11 is 5.82. The first kappa shape index (κ1) is 18.0. The Morgan fingerprint density at radius 2 is 2.16 bits per heavy atom. The molecule has 0 heterocycles. The van der Waals surface area contributed by atoms with E-state index in [1.165, 1.54) is 0 Å². The molecule has 0 aliphatic carbocycles. The summed E-state index contributed by atoms with van der Waals surface area (Å²) in [4.78, 5) is 11.6. The number of nitrogens with two attached hydrogens (primary N) is 1. The Labute approximate surface area is 125 Å². The van der Waals surface area contributed by atoms with Crippen molar-refractivity contribution < 1.29 is 9.53 Å². The molecule has 0 aliphatic rings. The first-order valence-electron chi connectivity index (χ1n) is 5.92. The van der Waals surface area contributed by atoms with E-state index in [0.717, 1.165) is 0 Å². The van der Waals surface area contributed by atoms with E-state index in [2.05, 4.69) is 5.32 Å². The van der Waals surface area contributed by atoms with Gasteiger partial charge >= 0.3 is 0 Å². The maximum Gasteiger partial charge on any atom is 0.224 e. The van der Waals surface area contributed by atoms with E-state index in [4.69, 9.17) is 22.1 Å². The topological polar surface area (TPSA) is 64.4 Å². The number of hydrogen-bond acceptors (Lipinski definition) is 3. The van der Waals surface area contributed by atoms with Crippen molar-refractivity contribution in [2.24, 2.45) is 11.7 Å². The number of hydrogen-bond donors (Lipinski definition) is 2. The smallest absolute Gasteiger partial charge is 0.224 e. The van der Waals surface area contributed by atoms with Gasteiger partial charge in [0.25, 0.3) is 0 Å². The lowest BCUT2D eigenvalue weighted by Crippen LogP contribution is -2.40. The zero-order valence-electron chi connectivity index (χ0n) is 11.1. The van der Waals surface area contributed by atoms with Gasteiger partial charge in [-0.15, -0.1) is 12.4 Å². The SMILES string of the molecule is CC(N)C(C)C(=O)NCCOc1cccc(Cl)c1.Cl. The third kappa shape index (κ3) is 6.66. The van der Waals surface area contributed by atoms with Gasteiger partial charge in [0.05, 0.1) is 6.54 Å². The number of carbonyl (C=O) groups is 1. The quantitative estimate of drug-likeness (QED) is 0.792. The van der Waals surface area contributed by atoms with Crippen LogP contribution in [-0.2, 0) is 4.79 Å². The van der Waals surface area contributed by atoms with Gasteiger partial charge in [0.15, 0.2) is 0 Å². The second kappa shape index (κ2) is 9.02. The largest absolute Gasteiger partial charge is 0.492 e. The fraction of sp³-hybridized carbons (Fsp3) is 0.462. The van der Waals surface area contributed by atoms with Crippen LogP contribution >= 0.6 is 24.0 Å². The van der Waals surface area contributed by atoms with Crippen molar-refractivity contribution in [2.75, 3.05) is 13.2 Å². The molecule has 0 aromatic heterocycles. The van der Waals surface area contributed by atoms with Crippen LogP contribution in [0.15, 0.2) is 24.3 Å². The van der Waals surface area contributed by atoms with Gasteiger partial charge in [-0.05, 0) is 25.1 Å². The van der Waals surface area contributed by atoms with E-state index in [0.29, 0.717) is 23.9 Å². The van der Waals surface area contributed by atoms with Crippen LogP contribution in [0.25, 0.3) is 0 Å². The van der Waals surface area contributed by atoms with Crippen molar-refractivity contribution >= 4 is 29.9 Å². The molecule has 1 rings (SSSR count). The highest BCUT2D eigenvalue weighted by molar-refractivity contribution is 6.30. The molecule has 2 atom stereocenters. The van der Waals surface area contributed by atoms with E-state index in [1.54, 1.807) is 19.1 Å². The van der Waals surface area contributed by atoms with Gasteiger partial charge < -0.3 is 15.8 Å². The predicted octanol–water partition coefficient (Wildman–Crippen LogP) is 2.24. The summed E-state index contributed by atoms with van der Waals surface area (Å²) in [5, 5.41) is 3.40. The summed E-state index contributed by atoms with van der Waals surface area (Å²) in [6.45, 7) is 4.46. The summed E-state index contributed by atoms with van der Waals surface area (Å²) < 4.78 is 5.45. The first-order valence-corrected chi connectivity index (χ1v) is 6.30. The number of ether oxygens (including phenoxy) is 1. The van der Waals surface area contributed by atoms with E-state index in [9.17, 15) is 4.79 Å². The number of amides is 1. The van der Waals surface area contributed by atoms with Crippen molar-refractivity contribution in [1.82, 2.24) is 5.32 Å². The van der Waals surface area contributed by atoms with Crippen LogP contribution in [0.3, 0.4) is 0 Å². The Bertz CT molecular complexity index is 400. The molecule has 1 aromatic carbocycles. The van der Waals surface area contributed by atoms with E-state index >= 15 is 0 Å². The lowest BCUT2D eigenvalue weighted by Gasteiger charge is -2.15. The standard InChI is InChI=1S/C13H19ClN2O2.ClH/c1-9(10(2)15)13(17)16-6-7-18-12-5-3-4-11(14)8-12;/h3-5,8-10H,6-7,15H2,1-2H3,(H,16,17);1H. The van der Waals surface area contributed by atoms with E-state index < -0.39 is 0 Å². The monoisotopic (exact) mass is 306 g/mol. The summed E-state index contributed by atoms with van der Waals surface area (Å²) in [6.07, 6.45) is 0. The molecule has 0 radical (unpaired) electrons. The summed E-state index contributed by atoms with van der Waals surface area (Å²) in [5.74, 6) is 0.438. The fourth-order valence-electron chi connectivity index (χ4n) is 1.30. The van der Waals surface area contributed by atoms with E-state index in [1.807, 2.05) is 19.1 Å². The van der Waals surface area contributed by atoms with Gasteiger partial charge in [0, 0.05) is 17.0 Å². The van der Waals surface area contributed by atoms with Gasteiger partial charge in [-0.1, -0.05) is 24.6 Å². The van der Waals surface area contributed by atoms with Crippen LogP contribution in [0.1, 0.15) is 13.8 Å². The number of carbonyl (C=O) groups excluding carboxylic acids is 1. The number of benzene rings is 1. The molecule has 4 nitrogen and oxygen atoms in total. The zero-order valence-corrected chi connectivity index (χ0v) is 12.6. The number of halogens is 2. The molecule has 0 bridgehead atoms. The van der Waals surface area contributed by atoms with Crippen LogP contribution in [0.2, 0.25) is 5.02 Å². The van der Waals surface area contributed by atoms with Crippen molar-refractivity contribution in [3.05, 3.63) is 29.3 Å². The van der Waals surface area contributed by atoms with Gasteiger partial charge in [-0.25, -0.2) is 0 Å². The van der Waals surface area contributed by atoms with Crippen molar-refractivity contribution in [3.8, 4) is 5.75 Å². The van der Waals surface area contributed by atoms with Crippen LogP contribution in [-0.4, -0.2) is 25.1 Å². The second-order valence-corrected chi connectivity index (χ2v) is 4.68. The molecule has 6 heteroatoms. The molecule has 0 spiro atoms. The molecule has 19 heavy (non-hydrogen) atoms. The Balaban J connectivity index is 0.00000324. The van der Waals surface area contributed by atoms with Crippen LogP contribution in [0.4, 0.5) is 0 Å². The van der Waals surface area contributed by atoms with Crippen molar-refractivity contribution in [2.45, 2.75) is 19.9 Å². The minimum Gasteiger partial charge on any atom is -0.492 e. The normalized spacial score (nSPS) is 13.1. The molecule has 0 fully saturated rings. The molecule has 1 aromatic rings. The highest BCUT2D eigenvalue weighted by Gasteiger charge is 2.15. The summed E-state index contributed by atoms with van der Waals surface area (Å²) in [5.41, 5.74) is 5.64. The number of rotatable bonds is 6. The second-order valence-electron chi connectivity index (χ2n) is 4.24. The number of nitrogens with one attached hydrogen (secondary N) is 1. The minimum atomic E-state index is -0.198. The Morgan fingerprint density at radius 1 is 1.47 bits per heavy atom. The lowest BCUT2D eigenvalue weighted by atomic mass is 10.0. The van der Waals surface area contributed by atoms with Gasteiger partial charge in [0.1, 0.15) is 12.4 Å². The summed E-state index contributed by atoms with van der Waals surface area (Å²) in [7, 11) is 0. The van der Waals surface area contributed by atoms with Gasteiger partial charge in [-0.3, -0.25) is 4.79 Å². The average molecular weight is 307 g/mol. The van der Waals surface area contributed by atoms with Gasteiger partial charge in [-0.2, -0.15) is 0 Å². The highest BCUT2D eigenvalue weighted by Crippen LogP contribution is 2.16. The third-order valence-electron chi connectivity index (χ3n) is 2.67. The molecule has 108 valence electrons. The minimum absolute atomic E-state index is 0.